The van der Waals surface area contributed by atoms with Crippen LogP contribution >= 0.6 is 0 Å². The third kappa shape index (κ3) is 2.63. The summed E-state index contributed by atoms with van der Waals surface area (Å²) in [6, 6.07) is 4.70. The highest BCUT2D eigenvalue weighted by Gasteiger charge is 2.16. The summed E-state index contributed by atoms with van der Waals surface area (Å²) in [4.78, 5) is 0. The van der Waals surface area contributed by atoms with Crippen LogP contribution in [0.2, 0.25) is 0 Å². The monoisotopic (exact) mass is 220 g/mol. The van der Waals surface area contributed by atoms with E-state index in [-0.39, 0.29) is 0 Å². The first kappa shape index (κ1) is 13.2. The van der Waals surface area contributed by atoms with Gasteiger partial charge in [0.25, 0.3) is 0 Å². The fraction of sp³-hybridized carbons (Fsp3) is 0.571. The van der Waals surface area contributed by atoms with Crippen LogP contribution in [0.15, 0.2) is 12.1 Å². The van der Waals surface area contributed by atoms with Gasteiger partial charge >= 0.3 is 0 Å². The molecule has 0 radical (unpaired) electrons. The number of rotatable bonds is 0. The molecule has 1 aromatic rings. The molecule has 0 bridgehead atoms. The van der Waals surface area contributed by atoms with Gasteiger partial charge in [-0.05, 0) is 22.3 Å². The number of hydrogen-bond donors (Lipinski definition) is 2. The van der Waals surface area contributed by atoms with E-state index in [1.54, 1.807) is 0 Å². The van der Waals surface area contributed by atoms with Crippen LogP contribution in [0.1, 0.15) is 49.9 Å². The van der Waals surface area contributed by atoms with Crippen molar-refractivity contribution >= 4 is 0 Å². The van der Waals surface area contributed by atoms with E-state index in [0.29, 0.717) is 0 Å². The zero-order valence-electron chi connectivity index (χ0n) is 11.0. The summed E-state index contributed by atoms with van der Waals surface area (Å²) in [5, 5.41) is 6.74. The van der Waals surface area contributed by atoms with E-state index in [2.05, 4.69) is 22.8 Å². The lowest BCUT2D eigenvalue weighted by molar-refractivity contribution is 0.753. The van der Waals surface area contributed by atoms with E-state index in [1.807, 2.05) is 27.7 Å². The zero-order chi connectivity index (χ0) is 12.0. The molecular weight excluding hydrogens is 196 g/mol. The number of hydrogen-bond acceptors (Lipinski definition) is 2. The molecule has 0 amide bonds. The molecule has 2 heteroatoms. The fourth-order valence-electron chi connectivity index (χ4n) is 2.11. The maximum absolute atomic E-state index is 3.37. The van der Waals surface area contributed by atoms with E-state index in [4.69, 9.17) is 0 Å². The number of nitrogens with one attached hydrogen (secondary N) is 2. The molecular formula is C14H24N2. The summed E-state index contributed by atoms with van der Waals surface area (Å²) < 4.78 is 0. The van der Waals surface area contributed by atoms with Crippen LogP contribution < -0.4 is 10.6 Å². The smallest absolute Gasteiger partial charge is 0.0212 e. The van der Waals surface area contributed by atoms with Gasteiger partial charge in [0, 0.05) is 26.2 Å². The second-order valence-electron chi connectivity index (χ2n) is 3.60. The van der Waals surface area contributed by atoms with Crippen molar-refractivity contribution in [1.29, 1.82) is 0 Å². The summed E-state index contributed by atoms with van der Waals surface area (Å²) in [6.45, 7) is 12.2. The number of benzene rings is 1. The molecule has 0 aliphatic carbocycles. The maximum Gasteiger partial charge on any atom is 0.0212 e. The highest BCUT2D eigenvalue weighted by Crippen LogP contribution is 2.23. The van der Waals surface area contributed by atoms with E-state index in [0.717, 1.165) is 26.2 Å². The van der Waals surface area contributed by atoms with Crippen LogP contribution in [0.25, 0.3) is 0 Å². The molecule has 16 heavy (non-hydrogen) atoms. The maximum atomic E-state index is 3.37. The molecule has 2 aliphatic heterocycles. The molecule has 0 aromatic heterocycles. The first-order valence-corrected chi connectivity index (χ1v) is 6.48. The Labute approximate surface area is 99.5 Å². The Hall–Kier alpha value is -0.860. The molecule has 0 saturated carbocycles. The van der Waals surface area contributed by atoms with Gasteiger partial charge in [-0.2, -0.15) is 0 Å². The van der Waals surface area contributed by atoms with Crippen LogP contribution in [0, 0.1) is 0 Å². The minimum absolute atomic E-state index is 1.06. The van der Waals surface area contributed by atoms with Gasteiger partial charge in [-0.1, -0.05) is 39.8 Å². The Kier molecular flexibility index (Phi) is 5.50. The Bertz CT molecular complexity index is 272. The van der Waals surface area contributed by atoms with Gasteiger partial charge < -0.3 is 10.6 Å². The highest BCUT2D eigenvalue weighted by molar-refractivity contribution is 5.41. The first-order valence-electron chi connectivity index (χ1n) is 6.48. The lowest BCUT2D eigenvalue weighted by Gasteiger charge is -2.01. The van der Waals surface area contributed by atoms with Crippen LogP contribution in [0.5, 0.6) is 0 Å². The van der Waals surface area contributed by atoms with Gasteiger partial charge in [-0.3, -0.25) is 0 Å². The molecule has 0 saturated heterocycles. The van der Waals surface area contributed by atoms with Crippen molar-refractivity contribution in [2.45, 2.75) is 53.9 Å². The molecule has 2 nitrogen and oxygen atoms in total. The highest BCUT2D eigenvalue weighted by atomic mass is 14.9. The van der Waals surface area contributed by atoms with Crippen LogP contribution in [-0.4, -0.2) is 0 Å². The molecule has 0 spiro atoms. The van der Waals surface area contributed by atoms with E-state index in [9.17, 15) is 0 Å². The van der Waals surface area contributed by atoms with Crippen molar-refractivity contribution in [2.75, 3.05) is 0 Å². The fourth-order valence-corrected chi connectivity index (χ4v) is 2.11. The molecule has 2 aliphatic rings. The second-order valence-corrected chi connectivity index (χ2v) is 3.60. The van der Waals surface area contributed by atoms with Gasteiger partial charge in [0.2, 0.25) is 0 Å². The summed E-state index contributed by atoms with van der Waals surface area (Å²) in [5.74, 6) is 0. The predicted octanol–water partition coefficient (Wildman–Crippen LogP) is 2.95. The molecule has 2 N–H and O–H groups in total. The van der Waals surface area contributed by atoms with Gasteiger partial charge in [-0.25, -0.2) is 0 Å². The van der Waals surface area contributed by atoms with Crippen molar-refractivity contribution in [3.05, 3.63) is 34.4 Å². The molecule has 3 rings (SSSR count). The summed E-state index contributed by atoms with van der Waals surface area (Å²) in [5.41, 5.74) is 5.99. The molecule has 0 fully saturated rings. The van der Waals surface area contributed by atoms with E-state index < -0.39 is 0 Å². The Morgan fingerprint density at radius 2 is 0.875 bits per heavy atom. The van der Waals surface area contributed by atoms with Crippen LogP contribution in [-0.2, 0) is 26.2 Å². The van der Waals surface area contributed by atoms with Gasteiger partial charge in [-0.15, -0.1) is 0 Å². The normalized spacial score (nSPS) is 15.2. The Morgan fingerprint density at radius 3 is 1.12 bits per heavy atom. The first-order chi connectivity index (χ1) is 7.93. The average Bonchev–Trinajstić information content (AvgIpc) is 2.98. The minimum Gasteiger partial charge on any atom is -0.309 e. The molecule has 2 heterocycles. The molecule has 0 atom stereocenters. The summed E-state index contributed by atoms with van der Waals surface area (Å²) in [6.07, 6.45) is 0. The zero-order valence-corrected chi connectivity index (χ0v) is 11.0. The molecule has 0 unspecified atom stereocenters. The van der Waals surface area contributed by atoms with Crippen LogP contribution in [0.3, 0.4) is 0 Å². The standard InChI is InChI=1S/C10H12N2.2C2H6/c1-7-3-11-5-9(7)2-10-6-12-4-8(1)10;2*1-2/h1-2,11-12H,3-6H2;2*1-2H3. The largest absolute Gasteiger partial charge is 0.309 e. The van der Waals surface area contributed by atoms with E-state index in [1.165, 1.54) is 22.3 Å². The third-order valence-electron chi connectivity index (χ3n) is 2.78. The SMILES string of the molecule is CC.CC.c1c2c(cc3c1CNC3)CNC2. The second kappa shape index (κ2) is 6.66. The lowest BCUT2D eigenvalue weighted by Crippen LogP contribution is -2.01. The van der Waals surface area contributed by atoms with Crippen molar-refractivity contribution in [3.63, 3.8) is 0 Å². The van der Waals surface area contributed by atoms with E-state index >= 15 is 0 Å². The Balaban J connectivity index is 0.000000291. The van der Waals surface area contributed by atoms with Crippen molar-refractivity contribution in [2.24, 2.45) is 0 Å². The van der Waals surface area contributed by atoms with Gasteiger partial charge in [0.15, 0.2) is 0 Å². The Morgan fingerprint density at radius 1 is 0.625 bits per heavy atom. The summed E-state index contributed by atoms with van der Waals surface area (Å²) >= 11 is 0. The lowest BCUT2D eigenvalue weighted by atomic mass is 10.0. The van der Waals surface area contributed by atoms with Gasteiger partial charge in [0.05, 0.1) is 0 Å². The van der Waals surface area contributed by atoms with Crippen LogP contribution in [0.4, 0.5) is 0 Å². The average molecular weight is 220 g/mol. The predicted molar refractivity (Wildman–Crippen MR) is 70.2 cm³/mol. The molecule has 90 valence electrons. The number of fused-ring (bicyclic) bond motifs is 2. The quantitative estimate of drug-likeness (QED) is 0.702. The van der Waals surface area contributed by atoms with Gasteiger partial charge in [0.1, 0.15) is 0 Å². The summed E-state index contributed by atoms with van der Waals surface area (Å²) in [7, 11) is 0. The molecule has 1 aromatic carbocycles. The minimum atomic E-state index is 1.06. The third-order valence-corrected chi connectivity index (χ3v) is 2.78. The van der Waals surface area contributed by atoms with Crippen molar-refractivity contribution < 1.29 is 0 Å². The van der Waals surface area contributed by atoms with Crippen molar-refractivity contribution in [3.8, 4) is 0 Å². The topological polar surface area (TPSA) is 24.1 Å². The van der Waals surface area contributed by atoms with Crippen molar-refractivity contribution in [1.82, 2.24) is 10.6 Å².